The molecule has 0 saturated carbocycles. The molecule has 1 unspecified atom stereocenters. The van der Waals surface area contributed by atoms with E-state index in [0.29, 0.717) is 22.1 Å². The number of carbonyl (C=O) groups excluding carboxylic acids is 1. The maximum absolute atomic E-state index is 12.9. The number of hydrogen-bond acceptors (Lipinski definition) is 5. The van der Waals surface area contributed by atoms with Crippen molar-refractivity contribution in [3.05, 3.63) is 65.7 Å². The van der Waals surface area contributed by atoms with E-state index in [1.165, 1.54) is 18.7 Å². The van der Waals surface area contributed by atoms with Crippen LogP contribution in [0.3, 0.4) is 0 Å². The molecule has 29 heavy (non-hydrogen) atoms. The second kappa shape index (κ2) is 7.67. The Morgan fingerprint density at radius 1 is 1.14 bits per heavy atom. The Morgan fingerprint density at radius 3 is 2.52 bits per heavy atom. The van der Waals surface area contributed by atoms with Crippen LogP contribution in [-0.2, 0) is 4.79 Å². The van der Waals surface area contributed by atoms with Gasteiger partial charge in [0.25, 0.3) is 17.0 Å². The van der Waals surface area contributed by atoms with E-state index < -0.39 is 6.17 Å². The molecule has 0 spiro atoms. The zero-order valence-electron chi connectivity index (χ0n) is 16.4. The van der Waals surface area contributed by atoms with Crippen LogP contribution < -0.4 is 14.7 Å². The highest BCUT2D eigenvalue weighted by Crippen LogP contribution is 2.40. The normalized spacial score (nSPS) is 15.6. The number of anilines is 1. The minimum atomic E-state index is -0.556. The first-order valence-electron chi connectivity index (χ1n) is 9.18. The van der Waals surface area contributed by atoms with Crippen LogP contribution in [0.25, 0.3) is 17.3 Å². The van der Waals surface area contributed by atoms with Crippen molar-refractivity contribution >= 4 is 29.4 Å². The summed E-state index contributed by atoms with van der Waals surface area (Å²) in [6.45, 7) is 3.48. The Labute approximate surface area is 173 Å². The van der Waals surface area contributed by atoms with Gasteiger partial charge in [0.2, 0.25) is 5.91 Å². The number of thioether (sulfide) groups is 1. The van der Waals surface area contributed by atoms with Crippen molar-refractivity contribution in [3.8, 4) is 17.1 Å². The van der Waals surface area contributed by atoms with E-state index in [1.807, 2.05) is 73.9 Å². The first-order valence-corrected chi connectivity index (χ1v) is 10.4. The molecule has 4 rings (SSSR count). The molecule has 1 amide bonds. The van der Waals surface area contributed by atoms with Crippen molar-refractivity contribution in [1.29, 1.82) is 0 Å². The fourth-order valence-electron chi connectivity index (χ4n) is 3.65. The lowest BCUT2D eigenvalue weighted by molar-refractivity contribution is -0.764. The van der Waals surface area contributed by atoms with Gasteiger partial charge in [-0.15, -0.1) is 0 Å². The van der Waals surface area contributed by atoms with Crippen molar-refractivity contribution in [2.75, 3.05) is 11.2 Å². The summed E-state index contributed by atoms with van der Waals surface area (Å²) in [5.74, 6) is -0.476. The minimum absolute atomic E-state index is 0.127. The molecule has 0 bridgehead atoms. The summed E-state index contributed by atoms with van der Waals surface area (Å²) in [5, 5.41) is 17.9. The summed E-state index contributed by atoms with van der Waals surface area (Å²) in [6, 6.07) is 17.3. The topological polar surface area (TPSA) is 73.0 Å². The fourth-order valence-corrected chi connectivity index (χ4v) is 4.00. The van der Waals surface area contributed by atoms with Gasteiger partial charge < -0.3 is 5.11 Å². The predicted octanol–water partition coefficient (Wildman–Crippen LogP) is 3.20. The standard InChI is InChI=1S/C22H20N4O2S/c1-14(13-16-9-5-4-6-10-16)21-25(15(2)27)18-12-8-7-11-17(18)19-20(28)23-22(29-3)24-26(19)21/h4-13,21H,1-3H3/b14-13+. The Morgan fingerprint density at radius 2 is 1.83 bits per heavy atom. The summed E-state index contributed by atoms with van der Waals surface area (Å²) in [6.07, 6.45) is 3.28. The largest absolute Gasteiger partial charge is 0.854 e. The van der Waals surface area contributed by atoms with E-state index in [4.69, 9.17) is 0 Å². The molecule has 3 aromatic rings. The Bertz CT molecular complexity index is 1120. The highest BCUT2D eigenvalue weighted by molar-refractivity contribution is 7.98. The average Bonchev–Trinajstić information content (AvgIpc) is 2.72. The molecular weight excluding hydrogens is 384 g/mol. The van der Waals surface area contributed by atoms with Crippen LogP contribution in [0.5, 0.6) is 5.88 Å². The summed E-state index contributed by atoms with van der Waals surface area (Å²) in [4.78, 5) is 18.5. The van der Waals surface area contributed by atoms with Crippen LogP contribution in [0.15, 0.2) is 65.3 Å². The molecule has 6 nitrogen and oxygen atoms in total. The molecule has 1 atom stereocenters. The second-order valence-electron chi connectivity index (χ2n) is 6.78. The van der Waals surface area contributed by atoms with E-state index >= 15 is 0 Å². The number of hydrogen-bond donors (Lipinski definition) is 0. The molecular formula is C22H20N4O2S. The van der Waals surface area contributed by atoms with E-state index in [0.717, 1.165) is 11.1 Å². The lowest BCUT2D eigenvalue weighted by Crippen LogP contribution is -2.58. The van der Waals surface area contributed by atoms with Gasteiger partial charge >= 0.3 is 0 Å². The van der Waals surface area contributed by atoms with E-state index in [9.17, 15) is 9.90 Å². The van der Waals surface area contributed by atoms with Gasteiger partial charge in [-0.1, -0.05) is 58.9 Å². The van der Waals surface area contributed by atoms with Gasteiger partial charge in [-0.25, -0.2) is 9.88 Å². The molecule has 7 heteroatoms. The lowest BCUT2D eigenvalue weighted by Gasteiger charge is -2.33. The van der Waals surface area contributed by atoms with Crippen molar-refractivity contribution < 1.29 is 14.6 Å². The number of para-hydroxylation sites is 1. The monoisotopic (exact) mass is 404 g/mol. The van der Waals surface area contributed by atoms with Gasteiger partial charge in [0.05, 0.1) is 17.1 Å². The van der Waals surface area contributed by atoms with Crippen LogP contribution in [-0.4, -0.2) is 22.2 Å². The molecule has 0 N–H and O–H groups in total. The number of rotatable bonds is 3. The maximum Gasteiger partial charge on any atom is 0.289 e. The first kappa shape index (κ1) is 19.1. The number of aromatic nitrogens is 3. The molecule has 0 aliphatic carbocycles. The Hall–Kier alpha value is -3.19. The quantitative estimate of drug-likeness (QED) is 0.495. The smallest absolute Gasteiger partial charge is 0.289 e. The van der Waals surface area contributed by atoms with Crippen LogP contribution in [0.2, 0.25) is 0 Å². The van der Waals surface area contributed by atoms with Crippen LogP contribution in [0, 0.1) is 0 Å². The van der Waals surface area contributed by atoms with Crippen molar-refractivity contribution in [2.24, 2.45) is 0 Å². The molecule has 2 aromatic carbocycles. The summed E-state index contributed by atoms with van der Waals surface area (Å²) in [7, 11) is 0. The highest BCUT2D eigenvalue weighted by atomic mass is 32.2. The van der Waals surface area contributed by atoms with Crippen molar-refractivity contribution in [3.63, 3.8) is 0 Å². The third-order valence-corrected chi connectivity index (χ3v) is 5.38. The van der Waals surface area contributed by atoms with Gasteiger partial charge in [-0.3, -0.25) is 4.79 Å². The minimum Gasteiger partial charge on any atom is -0.854 e. The molecule has 0 saturated heterocycles. The fraction of sp³-hybridized carbons (Fsp3) is 0.182. The molecule has 1 aromatic heterocycles. The summed E-state index contributed by atoms with van der Waals surface area (Å²) < 4.78 is 1.64. The molecule has 0 radical (unpaired) electrons. The van der Waals surface area contributed by atoms with Crippen LogP contribution >= 0.6 is 11.8 Å². The van der Waals surface area contributed by atoms with Gasteiger partial charge in [0, 0.05) is 17.6 Å². The highest BCUT2D eigenvalue weighted by Gasteiger charge is 2.43. The number of benzene rings is 2. The zero-order chi connectivity index (χ0) is 20.5. The van der Waals surface area contributed by atoms with Crippen molar-refractivity contribution in [1.82, 2.24) is 10.1 Å². The van der Waals surface area contributed by atoms with Crippen molar-refractivity contribution in [2.45, 2.75) is 25.2 Å². The lowest BCUT2D eigenvalue weighted by atomic mass is 10.0. The third kappa shape index (κ3) is 3.38. The zero-order valence-corrected chi connectivity index (χ0v) is 17.2. The van der Waals surface area contributed by atoms with E-state index in [1.54, 1.807) is 9.58 Å². The first-order chi connectivity index (χ1) is 14.0. The third-order valence-electron chi connectivity index (χ3n) is 4.84. The van der Waals surface area contributed by atoms with E-state index in [-0.39, 0.29) is 11.8 Å². The van der Waals surface area contributed by atoms with Gasteiger partial charge in [0.1, 0.15) is 0 Å². The number of amides is 1. The van der Waals surface area contributed by atoms with Gasteiger partial charge in [0.15, 0.2) is 0 Å². The summed E-state index contributed by atoms with van der Waals surface area (Å²) in [5.41, 5.74) is 3.63. The van der Waals surface area contributed by atoms with Crippen LogP contribution in [0.4, 0.5) is 5.69 Å². The van der Waals surface area contributed by atoms with E-state index in [2.05, 4.69) is 10.1 Å². The molecule has 1 aliphatic heterocycles. The molecule has 2 heterocycles. The predicted molar refractivity (Wildman–Crippen MR) is 111 cm³/mol. The average molecular weight is 404 g/mol. The van der Waals surface area contributed by atoms with Gasteiger partial charge in [-0.05, 0) is 37.0 Å². The second-order valence-corrected chi connectivity index (χ2v) is 7.55. The molecule has 146 valence electrons. The Kier molecular flexibility index (Phi) is 5.07. The SMILES string of the molecule is CSc1nc([O-])c2[n+](n1)C(/C(C)=C/c1ccccc1)N(C(C)=O)c1ccccc1-2. The number of carbonyl (C=O) groups is 1. The molecule has 0 fully saturated rings. The van der Waals surface area contributed by atoms with Gasteiger partial charge in [-0.2, -0.15) is 0 Å². The number of fused-ring (bicyclic) bond motifs is 3. The van der Waals surface area contributed by atoms with Crippen LogP contribution in [0.1, 0.15) is 25.6 Å². The summed E-state index contributed by atoms with van der Waals surface area (Å²) >= 11 is 1.30. The Balaban J connectivity index is 2.00. The maximum atomic E-state index is 12.9. The molecule has 1 aliphatic rings. The number of nitrogens with zero attached hydrogens (tertiary/aromatic N) is 4.